The standard InChI is InChI=1S/C20H17N3OS2/c1-13-2-4-14(5-3-13)18-11-26-20(17(18)10-21)23-19(24)12-25-16-8-6-15(22)7-9-16/h2-9,11H,12,22H2,1H3,(H,23,24). The van der Waals surface area contributed by atoms with Crippen LogP contribution in [0.3, 0.4) is 0 Å². The monoisotopic (exact) mass is 379 g/mol. The fourth-order valence-electron chi connectivity index (χ4n) is 2.38. The van der Waals surface area contributed by atoms with Crippen molar-refractivity contribution < 1.29 is 4.79 Å². The molecule has 2 aromatic carbocycles. The van der Waals surface area contributed by atoms with Crippen LogP contribution in [0.15, 0.2) is 58.8 Å². The second kappa shape index (κ2) is 8.09. The van der Waals surface area contributed by atoms with Gasteiger partial charge in [0.2, 0.25) is 5.91 Å². The Kier molecular flexibility index (Phi) is 5.61. The summed E-state index contributed by atoms with van der Waals surface area (Å²) < 4.78 is 0. The lowest BCUT2D eigenvalue weighted by Crippen LogP contribution is -2.13. The molecule has 0 fully saturated rings. The third-order valence-corrected chi connectivity index (χ3v) is 5.68. The van der Waals surface area contributed by atoms with Crippen molar-refractivity contribution in [1.82, 2.24) is 0 Å². The number of nitriles is 1. The van der Waals surface area contributed by atoms with Gasteiger partial charge in [0.1, 0.15) is 11.1 Å². The zero-order chi connectivity index (χ0) is 18.5. The minimum atomic E-state index is -0.138. The van der Waals surface area contributed by atoms with E-state index < -0.39 is 0 Å². The zero-order valence-electron chi connectivity index (χ0n) is 14.2. The summed E-state index contributed by atoms with van der Waals surface area (Å²) in [6.07, 6.45) is 0. The van der Waals surface area contributed by atoms with Crippen LogP contribution in [0.25, 0.3) is 11.1 Å². The largest absolute Gasteiger partial charge is 0.399 e. The van der Waals surface area contributed by atoms with Crippen molar-refractivity contribution >= 4 is 39.7 Å². The van der Waals surface area contributed by atoms with E-state index in [2.05, 4.69) is 11.4 Å². The number of nitrogens with zero attached hydrogens (tertiary/aromatic N) is 1. The lowest BCUT2D eigenvalue weighted by atomic mass is 10.0. The summed E-state index contributed by atoms with van der Waals surface area (Å²) in [4.78, 5) is 13.2. The van der Waals surface area contributed by atoms with Crippen LogP contribution in [0.5, 0.6) is 0 Å². The molecule has 0 radical (unpaired) electrons. The smallest absolute Gasteiger partial charge is 0.235 e. The number of nitrogens with one attached hydrogen (secondary N) is 1. The summed E-state index contributed by atoms with van der Waals surface area (Å²) in [6, 6.07) is 17.6. The number of carbonyl (C=O) groups is 1. The molecule has 0 saturated carbocycles. The molecular weight excluding hydrogens is 362 g/mol. The Morgan fingerprint density at radius 3 is 2.54 bits per heavy atom. The first kappa shape index (κ1) is 18.1. The highest BCUT2D eigenvalue weighted by molar-refractivity contribution is 8.00. The molecule has 0 aliphatic rings. The van der Waals surface area contributed by atoms with Gasteiger partial charge in [-0.05, 0) is 36.8 Å². The topological polar surface area (TPSA) is 78.9 Å². The molecule has 0 saturated heterocycles. The Hall–Kier alpha value is -2.75. The molecule has 1 amide bonds. The quantitative estimate of drug-likeness (QED) is 0.488. The van der Waals surface area contributed by atoms with Crippen molar-refractivity contribution in [3.8, 4) is 17.2 Å². The van der Waals surface area contributed by atoms with Crippen LogP contribution in [0.1, 0.15) is 11.1 Å². The third-order valence-electron chi connectivity index (χ3n) is 3.77. The molecule has 3 rings (SSSR count). The molecule has 3 aromatic rings. The van der Waals surface area contributed by atoms with Crippen LogP contribution in [0.2, 0.25) is 0 Å². The third kappa shape index (κ3) is 4.26. The number of thiophene rings is 1. The molecule has 0 unspecified atom stereocenters. The molecule has 0 atom stereocenters. The van der Waals surface area contributed by atoms with Gasteiger partial charge in [-0.3, -0.25) is 4.79 Å². The van der Waals surface area contributed by atoms with Gasteiger partial charge < -0.3 is 11.1 Å². The first-order chi connectivity index (χ1) is 12.6. The van der Waals surface area contributed by atoms with E-state index in [4.69, 9.17) is 5.73 Å². The molecule has 0 spiro atoms. The van der Waals surface area contributed by atoms with E-state index in [1.807, 2.05) is 48.7 Å². The summed E-state index contributed by atoms with van der Waals surface area (Å²) >= 11 is 2.80. The van der Waals surface area contributed by atoms with Gasteiger partial charge in [-0.25, -0.2) is 0 Å². The minimum absolute atomic E-state index is 0.138. The van der Waals surface area contributed by atoms with Crippen LogP contribution in [0, 0.1) is 18.3 Å². The number of anilines is 2. The number of rotatable bonds is 5. The number of thioether (sulfide) groups is 1. The lowest BCUT2D eigenvalue weighted by Gasteiger charge is -2.05. The Morgan fingerprint density at radius 1 is 1.19 bits per heavy atom. The summed E-state index contributed by atoms with van der Waals surface area (Å²) in [5, 5.41) is 14.9. The predicted molar refractivity (Wildman–Crippen MR) is 109 cm³/mol. The fourth-order valence-corrected chi connectivity index (χ4v) is 4.02. The highest BCUT2D eigenvalue weighted by atomic mass is 32.2. The first-order valence-corrected chi connectivity index (χ1v) is 9.80. The summed E-state index contributed by atoms with van der Waals surface area (Å²) in [5.74, 6) is 0.132. The maximum atomic E-state index is 12.3. The van der Waals surface area contributed by atoms with Crippen molar-refractivity contribution in [3.63, 3.8) is 0 Å². The van der Waals surface area contributed by atoms with Crippen molar-refractivity contribution in [2.45, 2.75) is 11.8 Å². The van der Waals surface area contributed by atoms with Gasteiger partial charge in [0.15, 0.2) is 0 Å². The molecule has 6 heteroatoms. The van der Waals surface area contributed by atoms with Gasteiger partial charge in [-0.2, -0.15) is 5.26 Å². The van der Waals surface area contributed by atoms with E-state index in [0.717, 1.165) is 21.6 Å². The molecule has 0 bridgehead atoms. The van der Waals surface area contributed by atoms with E-state index in [0.29, 0.717) is 16.3 Å². The number of carbonyl (C=O) groups excluding carboxylic acids is 1. The number of nitrogens with two attached hydrogens (primary N) is 1. The van der Waals surface area contributed by atoms with E-state index >= 15 is 0 Å². The molecule has 130 valence electrons. The van der Waals surface area contributed by atoms with Crippen LogP contribution >= 0.6 is 23.1 Å². The maximum Gasteiger partial charge on any atom is 0.235 e. The average Bonchev–Trinajstić information content (AvgIpc) is 3.04. The number of amides is 1. The van der Waals surface area contributed by atoms with Gasteiger partial charge in [0.25, 0.3) is 0 Å². The van der Waals surface area contributed by atoms with E-state index in [1.54, 1.807) is 12.1 Å². The Morgan fingerprint density at radius 2 is 1.88 bits per heavy atom. The van der Waals surface area contributed by atoms with Gasteiger partial charge in [0, 0.05) is 21.5 Å². The van der Waals surface area contributed by atoms with Crippen molar-refractivity contribution in [2.24, 2.45) is 0 Å². The Balaban J connectivity index is 1.69. The van der Waals surface area contributed by atoms with Crippen LogP contribution < -0.4 is 11.1 Å². The Labute approximate surface area is 160 Å². The highest BCUT2D eigenvalue weighted by Gasteiger charge is 2.15. The summed E-state index contributed by atoms with van der Waals surface area (Å²) in [5.41, 5.74) is 9.84. The van der Waals surface area contributed by atoms with Gasteiger partial charge in [-0.15, -0.1) is 23.1 Å². The van der Waals surface area contributed by atoms with Crippen LogP contribution in [0.4, 0.5) is 10.7 Å². The molecular formula is C20H17N3OS2. The number of aryl methyl sites for hydroxylation is 1. The van der Waals surface area contributed by atoms with E-state index in [9.17, 15) is 10.1 Å². The summed E-state index contributed by atoms with van der Waals surface area (Å²) in [6.45, 7) is 2.02. The van der Waals surface area contributed by atoms with Crippen molar-refractivity contribution in [1.29, 1.82) is 5.26 Å². The molecule has 3 N–H and O–H groups in total. The number of nitrogen functional groups attached to an aromatic ring is 1. The minimum Gasteiger partial charge on any atom is -0.399 e. The van der Waals surface area contributed by atoms with Gasteiger partial charge in [0.05, 0.1) is 11.3 Å². The highest BCUT2D eigenvalue weighted by Crippen LogP contribution is 2.35. The normalized spacial score (nSPS) is 10.3. The van der Waals surface area contributed by atoms with Crippen molar-refractivity contribution in [2.75, 3.05) is 16.8 Å². The molecule has 1 aromatic heterocycles. The Bertz CT molecular complexity index is 954. The van der Waals surface area contributed by atoms with Crippen molar-refractivity contribution in [3.05, 3.63) is 65.0 Å². The summed E-state index contributed by atoms with van der Waals surface area (Å²) in [7, 11) is 0. The number of hydrogen-bond acceptors (Lipinski definition) is 5. The van der Waals surface area contributed by atoms with Gasteiger partial charge >= 0.3 is 0 Å². The molecule has 0 aliphatic heterocycles. The maximum absolute atomic E-state index is 12.3. The SMILES string of the molecule is Cc1ccc(-c2csc(NC(=O)CSc3ccc(N)cc3)c2C#N)cc1. The molecule has 4 nitrogen and oxygen atoms in total. The van der Waals surface area contributed by atoms with E-state index in [1.165, 1.54) is 23.1 Å². The van der Waals surface area contributed by atoms with Crippen LogP contribution in [-0.2, 0) is 4.79 Å². The number of hydrogen-bond donors (Lipinski definition) is 2. The van der Waals surface area contributed by atoms with E-state index in [-0.39, 0.29) is 11.7 Å². The predicted octanol–water partition coefficient (Wildman–Crippen LogP) is 4.91. The average molecular weight is 380 g/mol. The second-order valence-corrected chi connectivity index (χ2v) is 7.67. The zero-order valence-corrected chi connectivity index (χ0v) is 15.8. The number of benzene rings is 2. The molecule has 0 aliphatic carbocycles. The lowest BCUT2D eigenvalue weighted by molar-refractivity contribution is -0.113. The van der Waals surface area contributed by atoms with Crippen LogP contribution in [-0.4, -0.2) is 11.7 Å². The molecule has 26 heavy (non-hydrogen) atoms. The fraction of sp³-hybridized carbons (Fsp3) is 0.100. The molecule has 1 heterocycles. The first-order valence-electron chi connectivity index (χ1n) is 7.93. The second-order valence-electron chi connectivity index (χ2n) is 5.74. The van der Waals surface area contributed by atoms with Gasteiger partial charge in [-0.1, -0.05) is 29.8 Å².